The van der Waals surface area contributed by atoms with E-state index in [-0.39, 0.29) is 11.3 Å². The van der Waals surface area contributed by atoms with Gasteiger partial charge >= 0.3 is 5.97 Å². The Morgan fingerprint density at radius 2 is 2.41 bits per heavy atom. The highest BCUT2D eigenvalue weighted by Gasteiger charge is 2.16. The Labute approximate surface area is 99.3 Å². The van der Waals surface area contributed by atoms with Gasteiger partial charge < -0.3 is 15.7 Å². The van der Waals surface area contributed by atoms with Gasteiger partial charge in [0.15, 0.2) is 5.82 Å². The van der Waals surface area contributed by atoms with Crippen molar-refractivity contribution in [2.24, 2.45) is 0 Å². The molecule has 17 heavy (non-hydrogen) atoms. The fraction of sp³-hybridized carbons (Fsp3) is 0.364. The quantitative estimate of drug-likeness (QED) is 0.790. The van der Waals surface area contributed by atoms with Crippen LogP contribution < -0.4 is 10.6 Å². The Balaban J connectivity index is 3.08. The van der Waals surface area contributed by atoms with E-state index in [1.807, 2.05) is 13.0 Å². The smallest absolute Gasteiger partial charge is 0.337 e. The molecular formula is C11H14N4O2. The van der Waals surface area contributed by atoms with E-state index >= 15 is 0 Å². The average molecular weight is 234 g/mol. The van der Waals surface area contributed by atoms with Crippen molar-refractivity contribution in [2.75, 3.05) is 23.7 Å². The molecule has 0 aromatic carbocycles. The van der Waals surface area contributed by atoms with Gasteiger partial charge in [-0.15, -0.1) is 0 Å². The zero-order valence-electron chi connectivity index (χ0n) is 9.55. The van der Waals surface area contributed by atoms with Gasteiger partial charge in [0.1, 0.15) is 0 Å². The third-order valence-electron chi connectivity index (χ3n) is 2.37. The monoisotopic (exact) mass is 234 g/mol. The third-order valence-corrected chi connectivity index (χ3v) is 2.37. The number of anilines is 2. The normalized spacial score (nSPS) is 9.65. The van der Waals surface area contributed by atoms with E-state index < -0.39 is 5.97 Å². The predicted molar refractivity (Wildman–Crippen MR) is 63.7 cm³/mol. The number of aromatic carboxylic acids is 1. The van der Waals surface area contributed by atoms with E-state index in [9.17, 15) is 4.79 Å². The first-order valence-electron chi connectivity index (χ1n) is 5.21. The molecule has 0 aliphatic carbocycles. The molecule has 0 aliphatic rings. The Morgan fingerprint density at radius 3 is 2.94 bits per heavy atom. The lowest BCUT2D eigenvalue weighted by Gasteiger charge is -2.22. The van der Waals surface area contributed by atoms with Gasteiger partial charge in [0.2, 0.25) is 0 Å². The van der Waals surface area contributed by atoms with Crippen LogP contribution in [0.1, 0.15) is 23.7 Å². The van der Waals surface area contributed by atoms with E-state index in [2.05, 4.69) is 4.98 Å². The van der Waals surface area contributed by atoms with Gasteiger partial charge in [-0.3, -0.25) is 0 Å². The fourth-order valence-electron chi connectivity index (χ4n) is 1.50. The second kappa shape index (κ2) is 5.70. The van der Waals surface area contributed by atoms with Gasteiger partial charge in [-0.1, -0.05) is 0 Å². The van der Waals surface area contributed by atoms with Crippen molar-refractivity contribution < 1.29 is 9.90 Å². The summed E-state index contributed by atoms with van der Waals surface area (Å²) < 4.78 is 0. The van der Waals surface area contributed by atoms with Crippen molar-refractivity contribution in [1.82, 2.24) is 4.98 Å². The van der Waals surface area contributed by atoms with Crippen LogP contribution in [0.5, 0.6) is 0 Å². The number of rotatable bonds is 5. The zero-order valence-corrected chi connectivity index (χ0v) is 9.55. The largest absolute Gasteiger partial charge is 0.478 e. The van der Waals surface area contributed by atoms with E-state index in [1.54, 1.807) is 4.90 Å². The van der Waals surface area contributed by atoms with E-state index in [0.29, 0.717) is 25.3 Å². The molecule has 1 rings (SSSR count). The molecule has 0 amide bonds. The lowest BCUT2D eigenvalue weighted by Crippen LogP contribution is -2.26. The van der Waals surface area contributed by atoms with Crippen molar-refractivity contribution in [1.29, 1.82) is 5.26 Å². The Kier molecular flexibility index (Phi) is 4.29. The van der Waals surface area contributed by atoms with Crippen LogP contribution in [-0.4, -0.2) is 29.1 Å². The summed E-state index contributed by atoms with van der Waals surface area (Å²) in [6.07, 6.45) is 1.75. The van der Waals surface area contributed by atoms with Crippen molar-refractivity contribution in [3.05, 3.63) is 17.8 Å². The summed E-state index contributed by atoms with van der Waals surface area (Å²) in [5, 5.41) is 17.5. The minimum Gasteiger partial charge on any atom is -0.478 e. The van der Waals surface area contributed by atoms with Gasteiger partial charge in [-0.25, -0.2) is 9.78 Å². The van der Waals surface area contributed by atoms with Crippen LogP contribution in [0.25, 0.3) is 0 Å². The summed E-state index contributed by atoms with van der Waals surface area (Å²) in [5.74, 6) is -0.662. The number of carboxylic acid groups (broad SMARTS) is 1. The summed E-state index contributed by atoms with van der Waals surface area (Å²) in [5.41, 5.74) is 5.94. The molecule has 0 aliphatic heterocycles. The molecule has 0 bridgehead atoms. The lowest BCUT2D eigenvalue weighted by molar-refractivity contribution is 0.0698. The van der Waals surface area contributed by atoms with Crippen LogP contribution in [0.4, 0.5) is 11.5 Å². The van der Waals surface area contributed by atoms with E-state index in [1.165, 1.54) is 12.3 Å². The highest BCUT2D eigenvalue weighted by Crippen LogP contribution is 2.23. The number of hydrogen-bond donors (Lipinski definition) is 2. The van der Waals surface area contributed by atoms with Crippen LogP contribution in [0, 0.1) is 11.3 Å². The summed E-state index contributed by atoms with van der Waals surface area (Å²) in [6.45, 7) is 2.99. The predicted octanol–water partition coefficient (Wildman–Crippen LogP) is 1.10. The van der Waals surface area contributed by atoms with Gasteiger partial charge in [-0.05, 0) is 13.0 Å². The van der Waals surface area contributed by atoms with Crippen LogP contribution in [-0.2, 0) is 0 Å². The molecule has 6 nitrogen and oxygen atoms in total. The van der Waals surface area contributed by atoms with Crippen molar-refractivity contribution in [3.63, 3.8) is 0 Å². The summed E-state index contributed by atoms with van der Waals surface area (Å²) in [6, 6.07) is 3.39. The van der Waals surface area contributed by atoms with Crippen molar-refractivity contribution in [3.8, 4) is 6.07 Å². The first kappa shape index (κ1) is 12.8. The van der Waals surface area contributed by atoms with Crippen LogP contribution in [0.2, 0.25) is 0 Å². The molecule has 0 radical (unpaired) electrons. The molecule has 0 atom stereocenters. The second-order valence-electron chi connectivity index (χ2n) is 3.39. The molecule has 0 saturated carbocycles. The zero-order chi connectivity index (χ0) is 12.8. The van der Waals surface area contributed by atoms with Crippen molar-refractivity contribution >= 4 is 17.5 Å². The number of nitrogen functional groups attached to an aromatic ring is 1. The van der Waals surface area contributed by atoms with Crippen LogP contribution in [0.15, 0.2) is 12.3 Å². The van der Waals surface area contributed by atoms with Crippen LogP contribution in [0.3, 0.4) is 0 Å². The maximum absolute atomic E-state index is 10.9. The molecule has 1 aromatic rings. The number of nitrogens with two attached hydrogens (primary N) is 1. The number of carbonyl (C=O) groups is 1. The second-order valence-corrected chi connectivity index (χ2v) is 3.39. The summed E-state index contributed by atoms with van der Waals surface area (Å²) in [4.78, 5) is 16.8. The molecule has 0 spiro atoms. The number of pyridine rings is 1. The summed E-state index contributed by atoms with van der Waals surface area (Å²) >= 11 is 0. The highest BCUT2D eigenvalue weighted by molar-refractivity contribution is 5.96. The summed E-state index contributed by atoms with van der Waals surface area (Å²) in [7, 11) is 0. The number of nitrogens with zero attached hydrogens (tertiary/aromatic N) is 3. The fourth-order valence-corrected chi connectivity index (χ4v) is 1.50. The maximum Gasteiger partial charge on any atom is 0.337 e. The van der Waals surface area contributed by atoms with Gasteiger partial charge in [0.25, 0.3) is 0 Å². The Hall–Kier alpha value is -2.29. The Morgan fingerprint density at radius 1 is 1.71 bits per heavy atom. The Bertz CT molecular complexity index is 453. The van der Waals surface area contributed by atoms with E-state index in [4.69, 9.17) is 16.1 Å². The molecule has 0 unspecified atom stereocenters. The standard InChI is InChI=1S/C11H14N4O2/c1-2-15(7-3-5-12)10-9(13)8(11(16)17)4-6-14-10/h4,6H,2-3,7,13H2,1H3,(H,16,17). The minimum absolute atomic E-state index is 0.0328. The SMILES string of the molecule is CCN(CCC#N)c1nccc(C(=O)O)c1N. The molecule has 1 aromatic heterocycles. The molecule has 0 fully saturated rings. The molecular weight excluding hydrogens is 220 g/mol. The molecule has 90 valence electrons. The molecule has 0 saturated heterocycles. The number of nitriles is 1. The van der Waals surface area contributed by atoms with Gasteiger partial charge in [0, 0.05) is 19.3 Å². The number of hydrogen-bond acceptors (Lipinski definition) is 5. The first-order valence-corrected chi connectivity index (χ1v) is 5.21. The first-order chi connectivity index (χ1) is 8.11. The molecule has 6 heteroatoms. The highest BCUT2D eigenvalue weighted by atomic mass is 16.4. The topological polar surface area (TPSA) is 103 Å². The van der Waals surface area contributed by atoms with Crippen molar-refractivity contribution in [2.45, 2.75) is 13.3 Å². The third kappa shape index (κ3) is 2.84. The average Bonchev–Trinajstić information content (AvgIpc) is 2.31. The molecule has 1 heterocycles. The minimum atomic E-state index is -1.08. The lowest BCUT2D eigenvalue weighted by atomic mass is 10.2. The maximum atomic E-state index is 10.9. The number of carboxylic acids is 1. The van der Waals surface area contributed by atoms with E-state index in [0.717, 1.165) is 0 Å². The molecule has 3 N–H and O–H groups in total. The van der Waals surface area contributed by atoms with Gasteiger partial charge in [-0.2, -0.15) is 5.26 Å². The van der Waals surface area contributed by atoms with Gasteiger partial charge in [0.05, 0.1) is 23.7 Å². The number of aromatic nitrogens is 1. The van der Waals surface area contributed by atoms with Crippen LogP contribution >= 0.6 is 0 Å².